The first-order chi connectivity index (χ1) is 14.3. The van der Waals surface area contributed by atoms with Crippen LogP contribution in [0.15, 0.2) is 46.0 Å². The summed E-state index contributed by atoms with van der Waals surface area (Å²) < 4.78 is 16.8. The third-order valence-electron chi connectivity index (χ3n) is 3.97. The van der Waals surface area contributed by atoms with Crippen LogP contribution in [0.25, 0.3) is 0 Å². The molecule has 0 aliphatic heterocycles. The van der Waals surface area contributed by atoms with Crippen molar-refractivity contribution < 1.29 is 23.8 Å². The number of amides is 2. The summed E-state index contributed by atoms with van der Waals surface area (Å²) in [6.45, 7) is 3.38. The summed E-state index contributed by atoms with van der Waals surface area (Å²) >= 11 is 3.41. The van der Waals surface area contributed by atoms with Gasteiger partial charge in [-0.15, -0.1) is 0 Å². The van der Waals surface area contributed by atoms with Crippen LogP contribution in [-0.4, -0.2) is 38.4 Å². The van der Waals surface area contributed by atoms with Crippen LogP contribution in [0.2, 0.25) is 0 Å². The molecular formula is C21H24BrN3O5. The van der Waals surface area contributed by atoms with E-state index in [4.69, 9.17) is 14.2 Å². The summed E-state index contributed by atoms with van der Waals surface area (Å²) in [7, 11) is 3.05. The molecule has 0 saturated carbocycles. The molecule has 0 atom stereocenters. The third-order valence-corrected chi connectivity index (χ3v) is 4.86. The molecule has 0 heterocycles. The lowest BCUT2D eigenvalue weighted by Gasteiger charge is -2.11. The summed E-state index contributed by atoms with van der Waals surface area (Å²) in [5, 5.41) is 6.68. The maximum absolute atomic E-state index is 12.2. The minimum Gasteiger partial charge on any atom is -0.497 e. The van der Waals surface area contributed by atoms with Crippen molar-refractivity contribution >= 4 is 39.1 Å². The van der Waals surface area contributed by atoms with Crippen molar-refractivity contribution in [2.24, 2.45) is 5.10 Å². The Kier molecular flexibility index (Phi) is 8.67. The van der Waals surface area contributed by atoms with Crippen LogP contribution >= 0.6 is 15.9 Å². The maximum Gasteiger partial charge on any atom is 0.277 e. The van der Waals surface area contributed by atoms with Crippen molar-refractivity contribution in [1.29, 1.82) is 0 Å². The molecule has 0 unspecified atom stereocenters. The van der Waals surface area contributed by atoms with Crippen LogP contribution in [0.5, 0.6) is 17.2 Å². The van der Waals surface area contributed by atoms with Crippen molar-refractivity contribution in [2.75, 3.05) is 26.1 Å². The highest BCUT2D eigenvalue weighted by Gasteiger charge is 2.11. The van der Waals surface area contributed by atoms with Gasteiger partial charge in [-0.25, -0.2) is 5.43 Å². The summed E-state index contributed by atoms with van der Waals surface area (Å²) in [5.74, 6) is 0.957. The summed E-state index contributed by atoms with van der Waals surface area (Å²) in [4.78, 5) is 24.2. The molecule has 2 rings (SSSR count). The second-order valence-corrected chi connectivity index (χ2v) is 7.23. The Balaban J connectivity index is 1.83. The molecular weight excluding hydrogens is 454 g/mol. The van der Waals surface area contributed by atoms with Crippen LogP contribution < -0.4 is 25.0 Å². The van der Waals surface area contributed by atoms with Crippen LogP contribution in [0.1, 0.15) is 18.9 Å². The molecule has 9 heteroatoms. The van der Waals surface area contributed by atoms with Gasteiger partial charge in [-0.1, -0.05) is 15.9 Å². The molecule has 2 amide bonds. The summed E-state index contributed by atoms with van der Waals surface area (Å²) in [6, 6.07) is 10.5. The highest BCUT2D eigenvalue weighted by Crippen LogP contribution is 2.29. The standard InChI is InChI=1S/C21H24BrN3O5/c1-13-9-16(5-7-17(13)22)30-12-21(27)25-24-14(2)10-20(26)23-18-8-6-15(28-3)11-19(18)29-4/h5-9,11H,10,12H2,1-4H3,(H,23,26)(H,25,27). The number of halogens is 1. The van der Waals surface area contributed by atoms with Crippen LogP contribution in [0.4, 0.5) is 5.69 Å². The molecule has 0 aliphatic rings. The zero-order valence-corrected chi connectivity index (χ0v) is 18.8. The maximum atomic E-state index is 12.2. The number of anilines is 1. The Labute approximate surface area is 183 Å². The number of carbonyl (C=O) groups is 2. The van der Waals surface area contributed by atoms with Gasteiger partial charge < -0.3 is 19.5 Å². The smallest absolute Gasteiger partial charge is 0.277 e. The number of hydrogen-bond acceptors (Lipinski definition) is 6. The van der Waals surface area contributed by atoms with E-state index >= 15 is 0 Å². The van der Waals surface area contributed by atoms with Crippen LogP contribution in [-0.2, 0) is 9.59 Å². The highest BCUT2D eigenvalue weighted by atomic mass is 79.9. The molecule has 160 valence electrons. The number of rotatable bonds is 9. The first kappa shape index (κ1) is 23.2. The first-order valence-electron chi connectivity index (χ1n) is 9.05. The molecule has 2 N–H and O–H groups in total. The van der Waals surface area contributed by atoms with E-state index < -0.39 is 5.91 Å². The van der Waals surface area contributed by atoms with Crippen molar-refractivity contribution in [3.63, 3.8) is 0 Å². The molecule has 2 aromatic carbocycles. The molecule has 0 fully saturated rings. The lowest BCUT2D eigenvalue weighted by molar-refractivity contribution is -0.123. The minimum absolute atomic E-state index is 0.00221. The van der Waals surface area contributed by atoms with Crippen molar-refractivity contribution in [3.05, 3.63) is 46.4 Å². The average molecular weight is 478 g/mol. The van der Waals surface area contributed by atoms with Gasteiger partial charge in [0.1, 0.15) is 17.2 Å². The second kappa shape index (κ2) is 11.2. The van der Waals surface area contributed by atoms with Gasteiger partial charge in [0.25, 0.3) is 5.91 Å². The van der Waals surface area contributed by atoms with Gasteiger partial charge in [-0.3, -0.25) is 9.59 Å². The molecule has 0 aliphatic carbocycles. The van der Waals surface area contributed by atoms with E-state index in [9.17, 15) is 9.59 Å². The fraction of sp³-hybridized carbons (Fsp3) is 0.286. The third kappa shape index (κ3) is 7.07. The largest absolute Gasteiger partial charge is 0.497 e. The zero-order chi connectivity index (χ0) is 22.1. The van der Waals surface area contributed by atoms with Gasteiger partial charge in [0, 0.05) is 16.3 Å². The summed E-state index contributed by atoms with van der Waals surface area (Å²) in [5.41, 5.74) is 4.33. The molecule has 0 bridgehead atoms. The Morgan fingerprint density at radius 2 is 1.77 bits per heavy atom. The molecule has 0 spiro atoms. The number of carbonyl (C=O) groups excluding carboxylic acids is 2. The van der Waals surface area contributed by atoms with E-state index in [1.807, 2.05) is 19.1 Å². The van der Waals surface area contributed by atoms with Gasteiger partial charge in [-0.05, 0) is 49.7 Å². The van der Waals surface area contributed by atoms with Crippen LogP contribution in [0, 0.1) is 6.92 Å². The lowest BCUT2D eigenvalue weighted by atomic mass is 10.2. The molecule has 8 nitrogen and oxygen atoms in total. The SMILES string of the molecule is COc1ccc(NC(=O)CC(C)=NNC(=O)COc2ccc(Br)c(C)c2)c(OC)c1. The number of hydrazone groups is 1. The number of aryl methyl sites for hydroxylation is 1. The van der Waals surface area contributed by atoms with Gasteiger partial charge >= 0.3 is 0 Å². The van der Waals surface area contributed by atoms with E-state index in [-0.39, 0.29) is 18.9 Å². The molecule has 0 saturated heterocycles. The molecule has 2 aromatic rings. The van der Waals surface area contributed by atoms with Crippen molar-refractivity contribution in [1.82, 2.24) is 5.43 Å². The van der Waals surface area contributed by atoms with Gasteiger partial charge in [0.2, 0.25) is 5.91 Å². The number of ether oxygens (including phenoxy) is 3. The highest BCUT2D eigenvalue weighted by molar-refractivity contribution is 9.10. The van der Waals surface area contributed by atoms with Crippen molar-refractivity contribution in [3.8, 4) is 17.2 Å². The zero-order valence-electron chi connectivity index (χ0n) is 17.2. The van der Waals surface area contributed by atoms with E-state index in [1.165, 1.54) is 7.11 Å². The van der Waals surface area contributed by atoms with Gasteiger partial charge in [-0.2, -0.15) is 5.10 Å². The van der Waals surface area contributed by atoms with E-state index in [0.717, 1.165) is 10.0 Å². The monoisotopic (exact) mass is 477 g/mol. The first-order valence-corrected chi connectivity index (χ1v) is 9.84. The number of nitrogens with one attached hydrogen (secondary N) is 2. The van der Waals surface area contributed by atoms with E-state index in [1.54, 1.807) is 38.3 Å². The van der Waals surface area contributed by atoms with Gasteiger partial charge in [0.05, 0.1) is 26.3 Å². The molecule has 0 aromatic heterocycles. The normalized spacial score (nSPS) is 10.9. The Bertz CT molecular complexity index is 946. The fourth-order valence-corrected chi connectivity index (χ4v) is 2.66. The fourth-order valence-electron chi connectivity index (χ4n) is 2.41. The lowest BCUT2D eigenvalue weighted by Crippen LogP contribution is -2.26. The Hall–Kier alpha value is -3.07. The number of methoxy groups -OCH3 is 2. The van der Waals surface area contributed by atoms with E-state index in [2.05, 4.69) is 31.8 Å². The predicted octanol–water partition coefficient (Wildman–Crippen LogP) is 3.67. The quantitative estimate of drug-likeness (QED) is 0.424. The predicted molar refractivity (Wildman–Crippen MR) is 118 cm³/mol. The molecule has 30 heavy (non-hydrogen) atoms. The summed E-state index contributed by atoms with van der Waals surface area (Å²) in [6.07, 6.45) is 0.00221. The molecule has 0 radical (unpaired) electrons. The topological polar surface area (TPSA) is 98.2 Å². The minimum atomic E-state index is -0.424. The Morgan fingerprint density at radius 1 is 1.03 bits per heavy atom. The van der Waals surface area contributed by atoms with Gasteiger partial charge in [0.15, 0.2) is 6.61 Å². The number of benzene rings is 2. The second-order valence-electron chi connectivity index (χ2n) is 6.37. The van der Waals surface area contributed by atoms with Crippen LogP contribution in [0.3, 0.4) is 0 Å². The number of hydrogen-bond donors (Lipinski definition) is 2. The average Bonchev–Trinajstić information content (AvgIpc) is 2.73. The van der Waals surface area contributed by atoms with Crippen molar-refractivity contribution in [2.45, 2.75) is 20.3 Å². The Morgan fingerprint density at radius 3 is 2.43 bits per heavy atom. The number of nitrogens with zero attached hydrogens (tertiary/aromatic N) is 1. The van der Waals surface area contributed by atoms with E-state index in [0.29, 0.717) is 28.6 Å².